The lowest BCUT2D eigenvalue weighted by Crippen LogP contribution is -2.39. The van der Waals surface area contributed by atoms with Crippen LogP contribution in [0.2, 0.25) is 0 Å². The van der Waals surface area contributed by atoms with Crippen molar-refractivity contribution in [3.8, 4) is 0 Å². The van der Waals surface area contributed by atoms with Crippen molar-refractivity contribution in [3.63, 3.8) is 0 Å². The van der Waals surface area contributed by atoms with Gasteiger partial charge in [-0.25, -0.2) is 4.39 Å². The molecule has 0 aliphatic carbocycles. The second-order valence-electron chi connectivity index (χ2n) is 5.32. The van der Waals surface area contributed by atoms with Crippen LogP contribution >= 0.6 is 11.6 Å². The second kappa shape index (κ2) is 6.03. The van der Waals surface area contributed by atoms with Crippen LogP contribution in [0.15, 0.2) is 18.2 Å². The average molecular weight is 270 g/mol. The van der Waals surface area contributed by atoms with Crippen molar-refractivity contribution in [1.82, 2.24) is 4.90 Å². The Morgan fingerprint density at radius 1 is 1.44 bits per heavy atom. The first kappa shape index (κ1) is 13.8. The molecule has 0 spiro atoms. The molecule has 1 aromatic rings. The summed E-state index contributed by atoms with van der Waals surface area (Å²) in [6, 6.07) is 5.79. The summed E-state index contributed by atoms with van der Waals surface area (Å²) in [6.07, 6.45) is 3.84. The van der Waals surface area contributed by atoms with E-state index in [-0.39, 0.29) is 11.2 Å². The minimum atomic E-state index is -0.158. The van der Waals surface area contributed by atoms with Crippen molar-refractivity contribution < 1.29 is 4.39 Å². The van der Waals surface area contributed by atoms with E-state index in [2.05, 4.69) is 11.8 Å². The Morgan fingerprint density at radius 2 is 2.22 bits per heavy atom. The molecule has 2 atom stereocenters. The molecule has 0 radical (unpaired) electrons. The summed E-state index contributed by atoms with van der Waals surface area (Å²) in [5.41, 5.74) is 1.69. The maximum absolute atomic E-state index is 13.2. The normalized spacial score (nSPS) is 23.0. The number of nitrogens with zero attached hydrogens (tertiary/aromatic N) is 1. The van der Waals surface area contributed by atoms with E-state index in [1.54, 1.807) is 13.0 Å². The van der Waals surface area contributed by atoms with Crippen LogP contribution in [0.4, 0.5) is 4.39 Å². The summed E-state index contributed by atoms with van der Waals surface area (Å²) >= 11 is 6.47. The molecule has 2 unspecified atom stereocenters. The van der Waals surface area contributed by atoms with Crippen molar-refractivity contribution in [2.45, 2.75) is 44.5 Å². The van der Waals surface area contributed by atoms with E-state index < -0.39 is 0 Å². The number of aryl methyl sites for hydroxylation is 1. The van der Waals surface area contributed by atoms with Crippen LogP contribution in [0.1, 0.15) is 42.7 Å². The third kappa shape index (κ3) is 3.24. The number of benzene rings is 1. The lowest BCUT2D eigenvalue weighted by Gasteiger charge is -2.34. The summed E-state index contributed by atoms with van der Waals surface area (Å²) in [6.45, 7) is 6.03. The third-order valence-electron chi connectivity index (χ3n) is 3.88. The van der Waals surface area contributed by atoms with Crippen LogP contribution in [0, 0.1) is 12.7 Å². The summed E-state index contributed by atoms with van der Waals surface area (Å²) in [7, 11) is 0. The largest absolute Gasteiger partial charge is 0.299 e. The molecule has 0 aromatic heterocycles. The molecule has 1 aliphatic rings. The maximum atomic E-state index is 13.2. The van der Waals surface area contributed by atoms with Gasteiger partial charge in [-0.05, 0) is 50.4 Å². The van der Waals surface area contributed by atoms with Gasteiger partial charge in [0.15, 0.2) is 0 Å². The van der Waals surface area contributed by atoms with E-state index in [1.165, 1.54) is 25.3 Å². The van der Waals surface area contributed by atoms with E-state index in [0.29, 0.717) is 11.6 Å². The van der Waals surface area contributed by atoms with Gasteiger partial charge in [-0.15, -0.1) is 11.6 Å². The number of hydrogen-bond donors (Lipinski definition) is 0. The molecule has 0 saturated carbocycles. The Kier molecular flexibility index (Phi) is 4.63. The van der Waals surface area contributed by atoms with Crippen molar-refractivity contribution in [3.05, 3.63) is 35.1 Å². The van der Waals surface area contributed by atoms with Crippen LogP contribution in [0.25, 0.3) is 0 Å². The second-order valence-corrected chi connectivity index (χ2v) is 5.84. The fourth-order valence-corrected chi connectivity index (χ4v) is 2.92. The first-order valence-electron chi connectivity index (χ1n) is 6.72. The number of hydrogen-bond acceptors (Lipinski definition) is 1. The molecular formula is C15H21ClFN. The highest BCUT2D eigenvalue weighted by atomic mass is 35.5. The Hall–Kier alpha value is -0.600. The molecule has 100 valence electrons. The van der Waals surface area contributed by atoms with Gasteiger partial charge >= 0.3 is 0 Å². The van der Waals surface area contributed by atoms with Gasteiger partial charge in [-0.3, -0.25) is 4.90 Å². The Bertz CT molecular complexity index is 407. The van der Waals surface area contributed by atoms with E-state index in [9.17, 15) is 4.39 Å². The van der Waals surface area contributed by atoms with Crippen LogP contribution < -0.4 is 0 Å². The predicted octanol–water partition coefficient (Wildman–Crippen LogP) is 4.29. The fraction of sp³-hybridized carbons (Fsp3) is 0.600. The quantitative estimate of drug-likeness (QED) is 0.740. The summed E-state index contributed by atoms with van der Waals surface area (Å²) in [5.74, 6) is -0.158. The molecular weight excluding hydrogens is 249 g/mol. The van der Waals surface area contributed by atoms with E-state index in [4.69, 9.17) is 11.6 Å². The standard InChI is InChI=1S/C15H21ClFN/c1-11-9-13(6-7-15(11)17)14(16)10-18-8-4-3-5-12(18)2/h6-7,9,12,14H,3-5,8,10H2,1-2H3. The van der Waals surface area contributed by atoms with Gasteiger partial charge in [-0.2, -0.15) is 0 Å². The fourth-order valence-electron chi connectivity index (χ4n) is 2.60. The highest BCUT2D eigenvalue weighted by Crippen LogP contribution is 2.26. The molecule has 3 heteroatoms. The zero-order chi connectivity index (χ0) is 13.1. The zero-order valence-corrected chi connectivity index (χ0v) is 11.9. The Morgan fingerprint density at radius 3 is 2.89 bits per heavy atom. The number of halogens is 2. The lowest BCUT2D eigenvalue weighted by molar-refractivity contribution is 0.161. The molecule has 0 bridgehead atoms. The number of likely N-dealkylation sites (tertiary alicyclic amines) is 1. The summed E-state index contributed by atoms with van der Waals surface area (Å²) in [4.78, 5) is 2.44. The highest BCUT2D eigenvalue weighted by molar-refractivity contribution is 6.21. The van der Waals surface area contributed by atoms with Crippen molar-refractivity contribution >= 4 is 11.6 Å². The predicted molar refractivity (Wildman–Crippen MR) is 74.6 cm³/mol. The van der Waals surface area contributed by atoms with Gasteiger partial charge < -0.3 is 0 Å². The number of rotatable bonds is 3. The summed E-state index contributed by atoms with van der Waals surface area (Å²) in [5, 5.41) is -0.0511. The van der Waals surface area contributed by atoms with Gasteiger partial charge in [-0.1, -0.05) is 18.6 Å². The maximum Gasteiger partial charge on any atom is 0.126 e. The van der Waals surface area contributed by atoms with Crippen molar-refractivity contribution in [1.29, 1.82) is 0 Å². The molecule has 2 rings (SSSR count). The zero-order valence-electron chi connectivity index (χ0n) is 11.1. The van der Waals surface area contributed by atoms with Gasteiger partial charge in [0.2, 0.25) is 0 Å². The molecule has 0 N–H and O–H groups in total. The minimum absolute atomic E-state index is 0.0511. The molecule has 1 aromatic carbocycles. The number of alkyl halides is 1. The van der Waals surface area contributed by atoms with Crippen molar-refractivity contribution in [2.24, 2.45) is 0 Å². The van der Waals surface area contributed by atoms with Crippen LogP contribution in [-0.4, -0.2) is 24.0 Å². The molecule has 1 heterocycles. The van der Waals surface area contributed by atoms with Crippen LogP contribution in [-0.2, 0) is 0 Å². The van der Waals surface area contributed by atoms with E-state index >= 15 is 0 Å². The molecule has 1 nitrogen and oxygen atoms in total. The Balaban J connectivity index is 2.02. The molecule has 18 heavy (non-hydrogen) atoms. The minimum Gasteiger partial charge on any atom is -0.299 e. The van der Waals surface area contributed by atoms with Crippen LogP contribution in [0.3, 0.4) is 0 Å². The third-order valence-corrected chi connectivity index (χ3v) is 4.27. The molecule has 0 amide bonds. The van der Waals surface area contributed by atoms with Crippen LogP contribution in [0.5, 0.6) is 0 Å². The molecule has 1 saturated heterocycles. The first-order valence-corrected chi connectivity index (χ1v) is 7.15. The number of piperidine rings is 1. The van der Waals surface area contributed by atoms with Gasteiger partial charge in [0.1, 0.15) is 5.82 Å². The smallest absolute Gasteiger partial charge is 0.126 e. The van der Waals surface area contributed by atoms with Gasteiger partial charge in [0, 0.05) is 12.6 Å². The lowest BCUT2D eigenvalue weighted by atomic mass is 10.0. The van der Waals surface area contributed by atoms with E-state index in [1.807, 2.05) is 6.07 Å². The molecule has 1 aliphatic heterocycles. The van der Waals surface area contributed by atoms with E-state index in [0.717, 1.165) is 18.7 Å². The van der Waals surface area contributed by atoms with Gasteiger partial charge in [0.05, 0.1) is 5.38 Å². The van der Waals surface area contributed by atoms with Crippen molar-refractivity contribution in [2.75, 3.05) is 13.1 Å². The van der Waals surface area contributed by atoms with Gasteiger partial charge in [0.25, 0.3) is 0 Å². The Labute approximate surface area is 114 Å². The monoisotopic (exact) mass is 269 g/mol. The molecule has 1 fully saturated rings. The topological polar surface area (TPSA) is 3.24 Å². The first-order chi connectivity index (χ1) is 8.58. The highest BCUT2D eigenvalue weighted by Gasteiger charge is 2.21. The summed E-state index contributed by atoms with van der Waals surface area (Å²) < 4.78 is 13.2. The SMILES string of the molecule is Cc1cc(C(Cl)CN2CCCCC2C)ccc1F. The average Bonchev–Trinajstić information content (AvgIpc) is 2.35.